The molecule has 3 fully saturated rings. The van der Waals surface area contributed by atoms with Crippen molar-refractivity contribution < 1.29 is 14.7 Å². The number of amides is 2. The van der Waals surface area contributed by atoms with Crippen LogP contribution >= 0.6 is 0 Å². The Morgan fingerprint density at radius 2 is 1.85 bits per heavy atom. The molecule has 13 heavy (non-hydrogen) atoms. The van der Waals surface area contributed by atoms with Crippen LogP contribution in [0, 0.1) is 11.8 Å². The van der Waals surface area contributed by atoms with Crippen molar-refractivity contribution >= 4 is 11.8 Å². The van der Waals surface area contributed by atoms with Crippen LogP contribution in [0.3, 0.4) is 0 Å². The van der Waals surface area contributed by atoms with Gasteiger partial charge in [-0.15, -0.1) is 0 Å². The summed E-state index contributed by atoms with van der Waals surface area (Å²) in [6.45, 7) is 1.74. The first-order chi connectivity index (χ1) is 6.09. The first-order valence-corrected chi connectivity index (χ1v) is 4.63. The summed E-state index contributed by atoms with van der Waals surface area (Å²) in [5.41, 5.74) is 0. The smallest absolute Gasteiger partial charge is 0.232 e. The van der Waals surface area contributed by atoms with Crippen LogP contribution < -0.4 is 0 Å². The van der Waals surface area contributed by atoms with Gasteiger partial charge < -0.3 is 5.11 Å². The molecule has 2 bridgehead atoms. The van der Waals surface area contributed by atoms with E-state index >= 15 is 0 Å². The average molecular weight is 183 g/mol. The molecule has 1 aliphatic carbocycles. The summed E-state index contributed by atoms with van der Waals surface area (Å²) in [6, 6.07) is 0. The van der Waals surface area contributed by atoms with Gasteiger partial charge in [-0.25, -0.2) is 0 Å². The standard InChI is InChI=1S/C9H13NO3/c1-5(11)4-10-8(12)6-2-7(3-6)9(10)13/h5-7,11H,2-4H2,1H3. The van der Waals surface area contributed by atoms with Crippen molar-refractivity contribution in [2.75, 3.05) is 6.54 Å². The van der Waals surface area contributed by atoms with Gasteiger partial charge >= 0.3 is 0 Å². The largest absolute Gasteiger partial charge is 0.392 e. The highest BCUT2D eigenvalue weighted by molar-refractivity contribution is 6.02. The number of imide groups is 1. The number of rotatable bonds is 2. The molecule has 3 rings (SSSR count). The minimum atomic E-state index is -0.620. The van der Waals surface area contributed by atoms with Crippen molar-refractivity contribution in [3.63, 3.8) is 0 Å². The van der Waals surface area contributed by atoms with Crippen molar-refractivity contribution in [2.45, 2.75) is 25.9 Å². The van der Waals surface area contributed by atoms with Gasteiger partial charge in [-0.05, 0) is 19.8 Å². The molecule has 1 N–H and O–H groups in total. The molecule has 2 saturated heterocycles. The van der Waals surface area contributed by atoms with E-state index in [0.717, 1.165) is 12.8 Å². The SMILES string of the molecule is CC(O)CN1C(=O)C2CC(C2)C1=O. The predicted molar refractivity (Wildman–Crippen MR) is 44.6 cm³/mol. The summed E-state index contributed by atoms with van der Waals surface area (Å²) in [7, 11) is 0. The number of aliphatic hydroxyl groups excluding tert-OH is 1. The summed E-state index contributed by atoms with van der Waals surface area (Å²) in [6.07, 6.45) is 0.840. The summed E-state index contributed by atoms with van der Waals surface area (Å²) in [5, 5.41) is 9.10. The molecular weight excluding hydrogens is 170 g/mol. The number of hydrogen-bond donors (Lipinski definition) is 1. The van der Waals surface area contributed by atoms with Gasteiger partial charge in [0.1, 0.15) is 0 Å². The Kier molecular flexibility index (Phi) is 1.87. The minimum absolute atomic E-state index is 0.0569. The van der Waals surface area contributed by atoms with E-state index in [1.54, 1.807) is 6.92 Å². The number of piperidine rings is 2. The Hall–Kier alpha value is -0.900. The number of hydrogen-bond acceptors (Lipinski definition) is 3. The number of aliphatic hydroxyl groups is 1. The maximum absolute atomic E-state index is 11.5. The molecule has 2 heterocycles. The lowest BCUT2D eigenvalue weighted by atomic mass is 9.70. The summed E-state index contributed by atoms with van der Waals surface area (Å²) in [5.74, 6) is -0.0651. The average Bonchev–Trinajstić information content (AvgIpc) is 1.93. The van der Waals surface area contributed by atoms with E-state index < -0.39 is 6.10 Å². The topological polar surface area (TPSA) is 57.6 Å². The molecule has 4 heteroatoms. The Morgan fingerprint density at radius 1 is 1.38 bits per heavy atom. The van der Waals surface area contributed by atoms with Crippen molar-refractivity contribution in [3.8, 4) is 0 Å². The van der Waals surface area contributed by atoms with E-state index in [1.807, 2.05) is 0 Å². The Morgan fingerprint density at radius 3 is 2.23 bits per heavy atom. The molecule has 0 aromatic heterocycles. The third-order valence-corrected chi connectivity index (χ3v) is 2.82. The van der Waals surface area contributed by atoms with E-state index in [0.29, 0.717) is 0 Å². The molecule has 1 saturated carbocycles. The van der Waals surface area contributed by atoms with Crippen LogP contribution in [0.25, 0.3) is 0 Å². The zero-order chi connectivity index (χ0) is 9.59. The lowest BCUT2D eigenvalue weighted by Gasteiger charge is -2.44. The minimum Gasteiger partial charge on any atom is -0.392 e. The van der Waals surface area contributed by atoms with E-state index in [2.05, 4.69) is 0 Å². The van der Waals surface area contributed by atoms with E-state index in [4.69, 9.17) is 5.11 Å². The number of fused-ring (bicyclic) bond motifs is 2. The van der Waals surface area contributed by atoms with Gasteiger partial charge in [0.25, 0.3) is 0 Å². The highest BCUT2D eigenvalue weighted by Gasteiger charge is 2.49. The molecule has 4 nitrogen and oxygen atoms in total. The number of carbonyl (C=O) groups excluding carboxylic acids is 2. The Labute approximate surface area is 76.5 Å². The fourth-order valence-corrected chi connectivity index (χ4v) is 2.01. The van der Waals surface area contributed by atoms with Gasteiger partial charge in [-0.3, -0.25) is 14.5 Å². The quantitative estimate of drug-likeness (QED) is 0.601. The van der Waals surface area contributed by atoms with Crippen LogP contribution in [0.4, 0.5) is 0 Å². The van der Waals surface area contributed by atoms with E-state index in [1.165, 1.54) is 4.90 Å². The molecule has 3 aliphatic rings. The van der Waals surface area contributed by atoms with Crippen molar-refractivity contribution in [3.05, 3.63) is 0 Å². The molecule has 72 valence electrons. The van der Waals surface area contributed by atoms with Crippen molar-refractivity contribution in [1.29, 1.82) is 0 Å². The molecule has 0 aromatic rings. The highest BCUT2D eigenvalue weighted by Crippen LogP contribution is 2.41. The van der Waals surface area contributed by atoms with Crippen molar-refractivity contribution in [2.24, 2.45) is 11.8 Å². The molecule has 0 spiro atoms. The normalized spacial score (nSPS) is 34.5. The van der Waals surface area contributed by atoms with Gasteiger partial charge in [-0.2, -0.15) is 0 Å². The van der Waals surface area contributed by atoms with Crippen LogP contribution in [-0.2, 0) is 9.59 Å². The number of carbonyl (C=O) groups is 2. The summed E-state index contributed by atoms with van der Waals surface area (Å²) in [4.78, 5) is 24.2. The first kappa shape index (κ1) is 8.69. The maximum atomic E-state index is 11.5. The molecular formula is C9H13NO3. The third-order valence-electron chi connectivity index (χ3n) is 2.82. The molecule has 2 aliphatic heterocycles. The van der Waals surface area contributed by atoms with E-state index in [-0.39, 0.29) is 30.2 Å². The van der Waals surface area contributed by atoms with Gasteiger partial charge in [-0.1, -0.05) is 0 Å². The maximum Gasteiger partial charge on any atom is 0.232 e. The third kappa shape index (κ3) is 1.25. The van der Waals surface area contributed by atoms with Gasteiger partial charge in [0.05, 0.1) is 12.6 Å². The second kappa shape index (κ2) is 2.80. The van der Waals surface area contributed by atoms with Crippen LogP contribution in [0.5, 0.6) is 0 Å². The monoisotopic (exact) mass is 183 g/mol. The van der Waals surface area contributed by atoms with Crippen LogP contribution in [0.15, 0.2) is 0 Å². The second-order valence-electron chi connectivity index (χ2n) is 4.00. The summed E-state index contributed by atoms with van der Waals surface area (Å²) >= 11 is 0. The highest BCUT2D eigenvalue weighted by atomic mass is 16.3. The fraction of sp³-hybridized carbons (Fsp3) is 0.778. The van der Waals surface area contributed by atoms with Crippen LogP contribution in [0.2, 0.25) is 0 Å². The molecule has 1 unspecified atom stereocenters. The predicted octanol–water partition coefficient (Wildman–Crippen LogP) is -0.238. The van der Waals surface area contributed by atoms with Crippen LogP contribution in [0.1, 0.15) is 19.8 Å². The molecule has 2 amide bonds. The zero-order valence-electron chi connectivity index (χ0n) is 7.56. The molecule has 1 atom stereocenters. The fourth-order valence-electron chi connectivity index (χ4n) is 2.01. The van der Waals surface area contributed by atoms with Crippen LogP contribution in [-0.4, -0.2) is 34.5 Å². The van der Waals surface area contributed by atoms with Gasteiger partial charge in [0, 0.05) is 11.8 Å². The Bertz CT molecular complexity index is 236. The van der Waals surface area contributed by atoms with Gasteiger partial charge in [0.2, 0.25) is 11.8 Å². The molecule has 0 aromatic carbocycles. The van der Waals surface area contributed by atoms with E-state index in [9.17, 15) is 9.59 Å². The van der Waals surface area contributed by atoms with Crippen molar-refractivity contribution in [1.82, 2.24) is 4.90 Å². The summed E-state index contributed by atoms with van der Waals surface area (Å²) < 4.78 is 0. The lowest BCUT2D eigenvalue weighted by Crippen LogP contribution is -2.58. The number of nitrogens with zero attached hydrogens (tertiary/aromatic N) is 1. The Balaban J connectivity index is 2.09. The lowest BCUT2D eigenvalue weighted by molar-refractivity contribution is -0.166. The molecule has 0 radical (unpaired) electrons. The van der Waals surface area contributed by atoms with Gasteiger partial charge in [0.15, 0.2) is 0 Å². The zero-order valence-corrected chi connectivity index (χ0v) is 7.56. The second-order valence-corrected chi connectivity index (χ2v) is 4.00. The first-order valence-electron chi connectivity index (χ1n) is 4.63.